The summed E-state index contributed by atoms with van der Waals surface area (Å²) in [5.74, 6) is -4.55. The van der Waals surface area contributed by atoms with Crippen LogP contribution in [0, 0.1) is 43.7 Å². The Morgan fingerprint density at radius 1 is 1.04 bits per heavy atom. The third-order valence-electron chi connectivity index (χ3n) is 9.86. The number of Topliss-reactive ketones (excluding diaryl/α,β-unsaturated/α-hetero) is 1. The van der Waals surface area contributed by atoms with Gasteiger partial charge in [0.2, 0.25) is 0 Å². The highest BCUT2D eigenvalue weighted by Gasteiger charge is 2.49. The number of hydrogen-bond donors (Lipinski definition) is 4. The van der Waals surface area contributed by atoms with Gasteiger partial charge in [-0.25, -0.2) is 0 Å². The fraction of sp³-hybridized carbons (Fsp3) is 0.343. The van der Waals surface area contributed by atoms with Crippen LogP contribution in [0.25, 0.3) is 29.9 Å². The van der Waals surface area contributed by atoms with Crippen molar-refractivity contribution in [3.05, 3.63) is 90.0 Å². The maximum absolute atomic E-state index is 14.4. The summed E-state index contributed by atoms with van der Waals surface area (Å²) in [5, 5.41) is 26.6. The molecule has 1 saturated heterocycles. The van der Waals surface area contributed by atoms with E-state index in [0.717, 1.165) is 50.1 Å². The third-order valence-corrected chi connectivity index (χ3v) is 9.86. The SMILES string of the molecule is C=Cc1c2[nH]c(c1C)/C=C1/[C@@H](C)[C@H](CCC(=O)O)C(=C3c4[nH]c(c(C)c4C(=O)[C@@H]3C(=O)OC)/C=c3\[nH]/c(c(C)c3CC)=C\2)N1[O-]. The zero-order valence-corrected chi connectivity index (χ0v) is 26.3. The molecule has 0 spiro atoms. The molecule has 45 heavy (non-hydrogen) atoms. The molecule has 0 saturated carbocycles. The first kappa shape index (κ1) is 30.2. The van der Waals surface area contributed by atoms with Crippen molar-refractivity contribution in [2.24, 2.45) is 17.8 Å². The minimum absolute atomic E-state index is 0.145. The first-order chi connectivity index (χ1) is 21.4. The molecule has 4 N–H and O–H groups in total. The third kappa shape index (κ3) is 4.46. The number of carbonyl (C=O) groups excluding carboxylic acids is 2. The number of ether oxygens (including phenoxy) is 1. The lowest BCUT2D eigenvalue weighted by Crippen LogP contribution is -2.25. The van der Waals surface area contributed by atoms with Gasteiger partial charge >= 0.3 is 11.9 Å². The number of H-pyrrole nitrogens is 3. The van der Waals surface area contributed by atoms with Gasteiger partial charge in [0.15, 0.2) is 5.78 Å². The van der Waals surface area contributed by atoms with E-state index < -0.39 is 35.5 Å². The average molecular weight is 610 g/mol. The van der Waals surface area contributed by atoms with Crippen molar-refractivity contribution in [1.29, 1.82) is 0 Å². The lowest BCUT2D eigenvalue weighted by Gasteiger charge is -2.32. The lowest BCUT2D eigenvalue weighted by molar-refractivity contribution is -0.142. The molecule has 5 heterocycles. The zero-order valence-electron chi connectivity index (χ0n) is 26.3. The molecular formula is C35H37N4O6-. The van der Waals surface area contributed by atoms with Crippen LogP contribution in [0.5, 0.6) is 0 Å². The normalized spacial score (nSPS) is 22.9. The van der Waals surface area contributed by atoms with Crippen LogP contribution in [0.4, 0.5) is 0 Å². The van der Waals surface area contributed by atoms with Crippen LogP contribution in [-0.4, -0.2) is 50.0 Å². The van der Waals surface area contributed by atoms with Gasteiger partial charge in [-0.15, -0.1) is 0 Å². The van der Waals surface area contributed by atoms with Gasteiger partial charge in [0, 0.05) is 74.1 Å². The van der Waals surface area contributed by atoms with Gasteiger partial charge in [-0.2, -0.15) is 0 Å². The first-order valence-corrected chi connectivity index (χ1v) is 15.2. The van der Waals surface area contributed by atoms with E-state index in [-0.39, 0.29) is 24.1 Å². The van der Waals surface area contributed by atoms with Crippen LogP contribution in [0.2, 0.25) is 0 Å². The number of carboxylic acid groups (broad SMARTS) is 1. The Hall–Kier alpha value is -4.83. The highest BCUT2D eigenvalue weighted by atomic mass is 16.5. The van der Waals surface area contributed by atoms with Crippen molar-refractivity contribution < 1.29 is 24.2 Å². The second-order valence-electron chi connectivity index (χ2n) is 12.1. The molecule has 0 aromatic carbocycles. The summed E-state index contributed by atoms with van der Waals surface area (Å²) in [5.41, 5.74) is 8.50. The van der Waals surface area contributed by atoms with E-state index in [1.54, 1.807) is 12.2 Å². The van der Waals surface area contributed by atoms with Crippen LogP contribution in [0.15, 0.2) is 18.0 Å². The largest absolute Gasteiger partial charge is 0.754 e. The minimum atomic E-state index is -1.35. The fourth-order valence-electron chi connectivity index (χ4n) is 7.40. The van der Waals surface area contributed by atoms with Gasteiger partial charge in [-0.05, 0) is 74.1 Å². The Labute approximate surface area is 260 Å². The van der Waals surface area contributed by atoms with Crippen molar-refractivity contribution in [2.75, 3.05) is 7.11 Å². The van der Waals surface area contributed by atoms with E-state index >= 15 is 0 Å². The maximum atomic E-state index is 14.4. The lowest BCUT2D eigenvalue weighted by atomic mass is 9.85. The molecule has 0 amide bonds. The summed E-state index contributed by atoms with van der Waals surface area (Å²) in [6.45, 7) is 13.9. The van der Waals surface area contributed by atoms with E-state index in [0.29, 0.717) is 33.9 Å². The predicted octanol–water partition coefficient (Wildman–Crippen LogP) is 4.44. The smallest absolute Gasteiger partial charge is 0.321 e. The molecule has 6 rings (SSSR count). The van der Waals surface area contributed by atoms with Crippen LogP contribution in [0.3, 0.4) is 0 Å². The Balaban J connectivity index is 1.77. The number of ketones is 1. The second kappa shape index (κ2) is 11.0. The molecule has 8 bridgehead atoms. The monoisotopic (exact) mass is 609 g/mol. The number of hydrogen-bond acceptors (Lipinski definition) is 6. The number of aliphatic carboxylic acids is 1. The van der Waals surface area contributed by atoms with Gasteiger partial charge in [0.05, 0.1) is 12.8 Å². The number of hydroxylamine groups is 2. The maximum Gasteiger partial charge on any atom is 0.321 e. The summed E-state index contributed by atoms with van der Waals surface area (Å²) >= 11 is 0. The number of fused-ring (bicyclic) bond motifs is 7. The number of aromatic amines is 3. The number of esters is 1. The minimum Gasteiger partial charge on any atom is -0.754 e. The number of carboxylic acids is 1. The molecule has 0 unspecified atom stereocenters. The molecule has 3 aliphatic rings. The Bertz CT molecular complexity index is 2000. The molecular weight excluding hydrogens is 572 g/mol. The molecule has 3 atom stereocenters. The van der Waals surface area contributed by atoms with Gasteiger partial charge in [0.25, 0.3) is 0 Å². The van der Waals surface area contributed by atoms with Gasteiger partial charge in [0.1, 0.15) is 5.92 Å². The summed E-state index contributed by atoms with van der Waals surface area (Å²) in [7, 11) is 1.21. The number of nitrogens with zero attached hydrogens (tertiary/aromatic N) is 1. The molecule has 10 heteroatoms. The van der Waals surface area contributed by atoms with Crippen molar-refractivity contribution in [2.45, 2.75) is 53.9 Å². The van der Waals surface area contributed by atoms with E-state index in [1.165, 1.54) is 7.11 Å². The van der Waals surface area contributed by atoms with Crippen LogP contribution < -0.4 is 10.7 Å². The molecule has 3 aromatic heterocycles. The summed E-state index contributed by atoms with van der Waals surface area (Å²) in [6, 6.07) is 0. The fourth-order valence-corrected chi connectivity index (χ4v) is 7.40. The van der Waals surface area contributed by atoms with Gasteiger partial charge < -0.3 is 35.1 Å². The summed E-state index contributed by atoms with van der Waals surface area (Å²) in [4.78, 5) is 49.4. The standard InChI is InChI=1S/C35H37N4O6/c1-8-19-15(3)22-12-25-20(9-2)16(4)24(37-25)14-27-17(5)21(10-11-28(40)41)33(39(27)44)30-31(35(43)45-7)34(42)29-18(6)23(38-32(29)30)13-26(19)36-22/h9,12-14,17,21,31,36-38H,2,8,10-11H2,1,3-7H3,(H,40,41)/q-1/b22-12-,26-13-,27-14-,33-30?/t17-,21-,31+/m0/s1. The van der Waals surface area contributed by atoms with Crippen LogP contribution in [-0.2, 0) is 20.7 Å². The Kier molecular flexibility index (Phi) is 7.35. The summed E-state index contributed by atoms with van der Waals surface area (Å²) < 4.78 is 5.09. The van der Waals surface area contributed by atoms with Crippen molar-refractivity contribution >= 4 is 47.6 Å². The van der Waals surface area contributed by atoms with E-state index in [4.69, 9.17) is 4.74 Å². The van der Waals surface area contributed by atoms with Gasteiger partial charge in [-0.1, -0.05) is 26.5 Å². The van der Waals surface area contributed by atoms with E-state index in [2.05, 4.69) is 35.4 Å². The number of carbonyl (C=O) groups is 3. The number of aromatic nitrogens is 3. The predicted molar refractivity (Wildman–Crippen MR) is 172 cm³/mol. The Morgan fingerprint density at radius 2 is 1.73 bits per heavy atom. The van der Waals surface area contributed by atoms with E-state index in [9.17, 15) is 24.7 Å². The molecule has 1 aliphatic carbocycles. The average Bonchev–Trinajstić information content (AvgIpc) is 3.72. The van der Waals surface area contributed by atoms with Crippen molar-refractivity contribution in [3.8, 4) is 0 Å². The number of nitrogens with one attached hydrogen (secondary N) is 3. The first-order valence-electron chi connectivity index (χ1n) is 15.2. The number of allylic oxidation sites excluding steroid dienone is 2. The molecule has 234 valence electrons. The zero-order chi connectivity index (χ0) is 32.5. The van der Waals surface area contributed by atoms with E-state index in [1.807, 2.05) is 32.9 Å². The molecule has 1 fully saturated rings. The molecule has 0 radical (unpaired) electrons. The number of methoxy groups -OCH3 is 1. The quantitative estimate of drug-likeness (QED) is 0.238. The van der Waals surface area contributed by atoms with Gasteiger partial charge in [-0.3, -0.25) is 14.4 Å². The number of rotatable bonds is 6. The topological polar surface area (TPSA) is 154 Å². The Morgan fingerprint density at radius 3 is 2.38 bits per heavy atom. The van der Waals surface area contributed by atoms with Crippen LogP contribution in [0.1, 0.15) is 87.6 Å². The molecule has 10 nitrogen and oxygen atoms in total. The summed E-state index contributed by atoms with van der Waals surface area (Å²) in [6.07, 6.45) is 8.31. The highest BCUT2D eigenvalue weighted by Crippen LogP contribution is 2.52. The molecule has 3 aromatic rings. The van der Waals surface area contributed by atoms with Crippen molar-refractivity contribution in [3.63, 3.8) is 0 Å². The van der Waals surface area contributed by atoms with Crippen molar-refractivity contribution in [1.82, 2.24) is 20.0 Å². The molecule has 2 aliphatic heterocycles. The second-order valence-corrected chi connectivity index (χ2v) is 12.1. The highest BCUT2D eigenvalue weighted by molar-refractivity contribution is 6.24. The van der Waals surface area contributed by atoms with Crippen LogP contribution >= 0.6 is 0 Å².